The molecule has 8 aromatic rings. The molecule has 3 nitrogen and oxygen atoms in total. The van der Waals surface area contributed by atoms with E-state index >= 15 is 0 Å². The molecule has 222 valence electrons. The van der Waals surface area contributed by atoms with E-state index < -0.39 is 0 Å². The summed E-state index contributed by atoms with van der Waals surface area (Å²) < 4.78 is 2.69. The number of hydrazine groups is 1. The number of thiophene rings is 1. The zero-order chi connectivity index (χ0) is 31.1. The van der Waals surface area contributed by atoms with Crippen LogP contribution in [0.25, 0.3) is 53.2 Å². The molecule has 0 aliphatic carbocycles. The largest absolute Gasteiger partial charge is 0.293 e. The monoisotopic (exact) mass is 611 g/mol. The molecule has 2 heterocycles. The molecule has 7 aromatic carbocycles. The van der Waals surface area contributed by atoms with Gasteiger partial charge in [0.1, 0.15) is 0 Å². The summed E-state index contributed by atoms with van der Waals surface area (Å²) in [5, 5.41) is 9.15. The van der Waals surface area contributed by atoms with Gasteiger partial charge in [-0.15, -0.1) is 11.3 Å². The van der Waals surface area contributed by atoms with Crippen LogP contribution in [0.1, 0.15) is 22.7 Å². The Kier molecular flexibility index (Phi) is 7.21. The highest BCUT2D eigenvalue weighted by Gasteiger charge is 2.56. The average molecular weight is 612 g/mol. The van der Waals surface area contributed by atoms with Crippen LogP contribution in [0.3, 0.4) is 0 Å². The van der Waals surface area contributed by atoms with Crippen molar-refractivity contribution in [2.45, 2.75) is 11.6 Å². The van der Waals surface area contributed by atoms with Crippen molar-refractivity contribution >= 4 is 42.3 Å². The Labute approximate surface area is 272 Å². The van der Waals surface area contributed by atoms with Gasteiger partial charge in [0.25, 0.3) is 0 Å². The van der Waals surface area contributed by atoms with Gasteiger partial charge in [-0.25, -0.2) is 0 Å². The summed E-state index contributed by atoms with van der Waals surface area (Å²) in [5.41, 5.74) is 8.65. The number of hydrogen-bond acceptors (Lipinski definition) is 4. The van der Waals surface area contributed by atoms with Crippen molar-refractivity contribution in [2.75, 3.05) is 0 Å². The lowest BCUT2D eigenvalue weighted by Gasteiger charge is -2.18. The molecule has 1 aromatic heterocycles. The standard InChI is InChI=1S/C42H29NS.H4N2/c1-3-12-28(13-4-1)41-42(43-41,34-19-5-2-6-20-34)35-21-10-17-30(25-35)29-16-9-18-33(24-29)36-22-11-23-37-38-26-31-14-7-8-15-32(31)27-39(38)44-40(36)37;1-2/h1-27,41,43H;1-2H2. The third kappa shape index (κ3) is 4.71. The van der Waals surface area contributed by atoms with Gasteiger partial charge >= 0.3 is 0 Å². The molecular formula is C42H33N3S. The van der Waals surface area contributed by atoms with E-state index in [0.29, 0.717) is 0 Å². The van der Waals surface area contributed by atoms with Crippen molar-refractivity contribution in [3.63, 3.8) is 0 Å². The molecule has 2 unspecified atom stereocenters. The number of nitrogens with two attached hydrogens (primary N) is 2. The van der Waals surface area contributed by atoms with Gasteiger partial charge in [0, 0.05) is 20.2 Å². The molecular weight excluding hydrogens is 579 g/mol. The van der Waals surface area contributed by atoms with Gasteiger partial charge in [-0.1, -0.05) is 140 Å². The lowest BCUT2D eigenvalue weighted by molar-refractivity contribution is 0.788. The predicted octanol–water partition coefficient (Wildman–Crippen LogP) is 9.95. The van der Waals surface area contributed by atoms with Crippen molar-refractivity contribution in [1.29, 1.82) is 0 Å². The summed E-state index contributed by atoms with van der Waals surface area (Å²) >= 11 is 1.90. The zero-order valence-corrected chi connectivity index (χ0v) is 26.0. The van der Waals surface area contributed by atoms with Crippen LogP contribution in [-0.4, -0.2) is 0 Å². The SMILES string of the molecule is NN.c1ccc(C2NC2(c2ccccc2)c2cccc(-c3cccc(-c4cccc5c4sc4cc6ccccc6cc45)c3)c2)cc1. The zero-order valence-electron chi connectivity index (χ0n) is 25.2. The van der Waals surface area contributed by atoms with Crippen LogP contribution in [0.4, 0.5) is 0 Å². The van der Waals surface area contributed by atoms with Gasteiger partial charge in [0.2, 0.25) is 0 Å². The van der Waals surface area contributed by atoms with Gasteiger partial charge in [-0.3, -0.25) is 17.0 Å². The van der Waals surface area contributed by atoms with E-state index in [9.17, 15) is 0 Å². The van der Waals surface area contributed by atoms with E-state index in [2.05, 4.69) is 181 Å². The smallest absolute Gasteiger partial charge is 0.0894 e. The Bertz CT molecular complexity index is 2330. The van der Waals surface area contributed by atoms with E-state index in [1.165, 1.54) is 69.9 Å². The fourth-order valence-corrected chi connectivity index (χ4v) is 8.32. The number of fused-ring (bicyclic) bond motifs is 4. The maximum Gasteiger partial charge on any atom is 0.0894 e. The van der Waals surface area contributed by atoms with Gasteiger partial charge in [-0.05, 0) is 74.0 Å². The van der Waals surface area contributed by atoms with E-state index in [1.807, 2.05) is 11.3 Å². The first-order valence-corrected chi connectivity index (χ1v) is 16.4. The molecule has 1 aliphatic heterocycles. The number of hydrogen-bond donors (Lipinski definition) is 3. The van der Waals surface area contributed by atoms with Crippen molar-refractivity contribution in [3.8, 4) is 22.3 Å². The van der Waals surface area contributed by atoms with Gasteiger partial charge in [0.05, 0.1) is 11.6 Å². The van der Waals surface area contributed by atoms with Gasteiger partial charge in [-0.2, -0.15) is 0 Å². The highest BCUT2D eigenvalue weighted by Crippen LogP contribution is 2.54. The van der Waals surface area contributed by atoms with Crippen LogP contribution in [0.5, 0.6) is 0 Å². The maximum atomic E-state index is 4.00. The van der Waals surface area contributed by atoms with Crippen molar-refractivity contribution in [3.05, 3.63) is 180 Å². The minimum Gasteiger partial charge on any atom is -0.293 e. The molecule has 1 aliphatic rings. The lowest BCUT2D eigenvalue weighted by atomic mass is 9.84. The molecule has 1 fully saturated rings. The highest BCUT2D eigenvalue weighted by molar-refractivity contribution is 7.26. The fraction of sp³-hybridized carbons (Fsp3) is 0.0476. The fourth-order valence-electron chi connectivity index (χ4n) is 7.05. The summed E-state index contributed by atoms with van der Waals surface area (Å²) in [6.07, 6.45) is 0. The molecule has 46 heavy (non-hydrogen) atoms. The molecule has 4 heteroatoms. The number of benzene rings is 7. The molecule has 1 saturated heterocycles. The summed E-state index contributed by atoms with van der Waals surface area (Å²) in [6.45, 7) is 0. The van der Waals surface area contributed by atoms with Crippen LogP contribution in [0.15, 0.2) is 164 Å². The summed E-state index contributed by atoms with van der Waals surface area (Å²) in [5.74, 6) is 8.00. The quantitative estimate of drug-likeness (QED) is 0.103. The minimum atomic E-state index is -0.248. The van der Waals surface area contributed by atoms with Gasteiger partial charge < -0.3 is 0 Å². The summed E-state index contributed by atoms with van der Waals surface area (Å²) in [7, 11) is 0. The van der Waals surface area contributed by atoms with E-state index in [-0.39, 0.29) is 11.6 Å². The Morgan fingerprint density at radius 3 is 1.89 bits per heavy atom. The Morgan fingerprint density at radius 2 is 1.11 bits per heavy atom. The van der Waals surface area contributed by atoms with E-state index in [1.54, 1.807) is 0 Å². The summed E-state index contributed by atoms with van der Waals surface area (Å²) in [4.78, 5) is 0. The molecule has 0 saturated carbocycles. The van der Waals surface area contributed by atoms with E-state index in [0.717, 1.165) is 0 Å². The van der Waals surface area contributed by atoms with Crippen LogP contribution < -0.4 is 17.0 Å². The van der Waals surface area contributed by atoms with Crippen LogP contribution in [0, 0.1) is 0 Å². The molecule has 0 radical (unpaired) electrons. The second-order valence-electron chi connectivity index (χ2n) is 11.8. The number of rotatable bonds is 5. The molecule has 2 atom stereocenters. The molecule has 9 rings (SSSR count). The third-order valence-corrected chi connectivity index (χ3v) is 10.5. The molecule has 5 N–H and O–H groups in total. The average Bonchev–Trinajstić information content (AvgIpc) is 3.81. The molecule has 0 bridgehead atoms. The maximum absolute atomic E-state index is 4.00. The first-order valence-electron chi connectivity index (χ1n) is 15.5. The molecule has 0 spiro atoms. The first-order chi connectivity index (χ1) is 22.8. The number of nitrogens with one attached hydrogen (secondary N) is 1. The Balaban J connectivity index is 0.00000153. The first kappa shape index (κ1) is 28.4. The van der Waals surface area contributed by atoms with Crippen LogP contribution >= 0.6 is 11.3 Å². The second kappa shape index (κ2) is 11.7. The Morgan fingerprint density at radius 1 is 0.500 bits per heavy atom. The normalized spacial score (nSPS) is 17.1. The van der Waals surface area contributed by atoms with Crippen LogP contribution in [-0.2, 0) is 5.54 Å². The highest BCUT2D eigenvalue weighted by atomic mass is 32.1. The second-order valence-corrected chi connectivity index (χ2v) is 12.9. The predicted molar refractivity (Wildman–Crippen MR) is 196 cm³/mol. The van der Waals surface area contributed by atoms with Crippen LogP contribution in [0.2, 0.25) is 0 Å². The van der Waals surface area contributed by atoms with Crippen molar-refractivity contribution < 1.29 is 0 Å². The summed E-state index contributed by atoms with van der Waals surface area (Å²) in [6, 6.07) is 60.2. The van der Waals surface area contributed by atoms with E-state index in [4.69, 9.17) is 0 Å². The molecule has 0 amide bonds. The minimum absolute atomic E-state index is 0.231. The lowest BCUT2D eigenvalue weighted by Crippen LogP contribution is -2.15. The van der Waals surface area contributed by atoms with Crippen molar-refractivity contribution in [1.82, 2.24) is 5.32 Å². The topological polar surface area (TPSA) is 74.0 Å². The Hall–Kier alpha value is -5.10. The van der Waals surface area contributed by atoms with Gasteiger partial charge in [0.15, 0.2) is 0 Å². The third-order valence-electron chi connectivity index (χ3n) is 9.27. The van der Waals surface area contributed by atoms with Crippen molar-refractivity contribution in [2.24, 2.45) is 11.7 Å².